The molecule has 1 fully saturated rings. The average Bonchev–Trinajstić information content (AvgIpc) is 3.06. The number of amides is 1. The average molecular weight is 339 g/mol. The number of benzene rings is 1. The van der Waals surface area contributed by atoms with Gasteiger partial charge in [0, 0.05) is 17.1 Å². The topological polar surface area (TPSA) is 66.4 Å². The number of nitrogens with one attached hydrogen (secondary N) is 1. The molecule has 120 valence electrons. The fourth-order valence-corrected chi connectivity index (χ4v) is 5.11. The summed E-state index contributed by atoms with van der Waals surface area (Å²) < 4.78 is 0.448. The molecule has 1 aliphatic heterocycles. The molecule has 2 N–H and O–H groups in total. The van der Waals surface area contributed by atoms with Crippen LogP contribution in [0.15, 0.2) is 24.3 Å². The summed E-state index contributed by atoms with van der Waals surface area (Å²) in [5.41, 5.74) is 1.71. The van der Waals surface area contributed by atoms with Crippen LogP contribution in [0.25, 0.3) is 0 Å². The summed E-state index contributed by atoms with van der Waals surface area (Å²) in [5, 5.41) is 11.9. The molecule has 2 rings (SSSR count). The van der Waals surface area contributed by atoms with E-state index < -0.39 is 12.0 Å². The van der Waals surface area contributed by atoms with Gasteiger partial charge in [0.05, 0.1) is 4.58 Å². The number of rotatable bonds is 6. The summed E-state index contributed by atoms with van der Waals surface area (Å²) >= 11 is 3.83. The highest BCUT2D eigenvalue weighted by molar-refractivity contribution is 8.19. The van der Waals surface area contributed by atoms with E-state index in [9.17, 15) is 14.7 Å². The van der Waals surface area contributed by atoms with Crippen molar-refractivity contribution in [2.24, 2.45) is 5.92 Å². The lowest BCUT2D eigenvalue weighted by Gasteiger charge is -2.20. The summed E-state index contributed by atoms with van der Waals surface area (Å²) in [5.74, 6) is 0.899. The van der Waals surface area contributed by atoms with Crippen LogP contribution in [0, 0.1) is 5.92 Å². The zero-order chi connectivity index (χ0) is 16.1. The quantitative estimate of drug-likeness (QED) is 0.831. The standard InChI is InChI=1S/C16H21NO3S2/c1-3-10(2)13(15(19)20)17-14(18)11-4-6-12(7-5-11)16-21-8-9-22-16/h4-7,10,13,16H,3,8-9H2,1-2H3,(H,17,18)(H,19,20)/t10-,13-/m0/s1. The van der Waals surface area contributed by atoms with Gasteiger partial charge in [-0.25, -0.2) is 4.79 Å². The van der Waals surface area contributed by atoms with E-state index in [1.165, 1.54) is 5.56 Å². The lowest BCUT2D eigenvalue weighted by molar-refractivity contribution is -0.140. The Labute approximate surface area is 139 Å². The molecule has 1 aliphatic rings. The van der Waals surface area contributed by atoms with Crippen LogP contribution < -0.4 is 5.32 Å². The molecule has 2 atom stereocenters. The molecule has 1 saturated heterocycles. The van der Waals surface area contributed by atoms with Crippen LogP contribution in [-0.2, 0) is 4.79 Å². The van der Waals surface area contributed by atoms with E-state index in [1.54, 1.807) is 12.1 Å². The van der Waals surface area contributed by atoms with Crippen molar-refractivity contribution in [1.82, 2.24) is 5.32 Å². The molecular formula is C16H21NO3S2. The molecule has 22 heavy (non-hydrogen) atoms. The van der Waals surface area contributed by atoms with Gasteiger partial charge in [-0.3, -0.25) is 4.79 Å². The maximum absolute atomic E-state index is 12.2. The second-order valence-electron chi connectivity index (χ2n) is 5.37. The smallest absolute Gasteiger partial charge is 0.326 e. The van der Waals surface area contributed by atoms with E-state index in [4.69, 9.17) is 0 Å². The summed E-state index contributed by atoms with van der Waals surface area (Å²) in [6.07, 6.45) is 0.701. The Hall–Kier alpha value is -1.14. The lowest BCUT2D eigenvalue weighted by atomic mass is 9.99. The molecule has 0 aliphatic carbocycles. The Morgan fingerprint density at radius 1 is 1.27 bits per heavy atom. The molecule has 0 radical (unpaired) electrons. The Morgan fingerprint density at radius 2 is 1.86 bits per heavy atom. The number of carboxylic acids is 1. The van der Waals surface area contributed by atoms with Gasteiger partial charge in [-0.1, -0.05) is 32.4 Å². The lowest BCUT2D eigenvalue weighted by Crippen LogP contribution is -2.45. The molecule has 0 unspecified atom stereocenters. The molecule has 0 spiro atoms. The zero-order valence-electron chi connectivity index (χ0n) is 12.7. The molecule has 0 bridgehead atoms. The van der Waals surface area contributed by atoms with Gasteiger partial charge in [-0.2, -0.15) is 0 Å². The largest absolute Gasteiger partial charge is 0.480 e. The van der Waals surface area contributed by atoms with E-state index in [-0.39, 0.29) is 11.8 Å². The number of carbonyl (C=O) groups excluding carboxylic acids is 1. The van der Waals surface area contributed by atoms with Gasteiger partial charge in [0.2, 0.25) is 0 Å². The van der Waals surface area contributed by atoms with Crippen LogP contribution >= 0.6 is 23.5 Å². The van der Waals surface area contributed by atoms with Gasteiger partial charge in [0.1, 0.15) is 6.04 Å². The Bertz CT molecular complexity index is 527. The van der Waals surface area contributed by atoms with Crippen molar-refractivity contribution in [1.29, 1.82) is 0 Å². The van der Waals surface area contributed by atoms with Crippen molar-refractivity contribution in [3.63, 3.8) is 0 Å². The first kappa shape index (κ1) is 17.2. The van der Waals surface area contributed by atoms with Crippen molar-refractivity contribution in [2.75, 3.05) is 11.5 Å². The van der Waals surface area contributed by atoms with Crippen LogP contribution in [0.4, 0.5) is 0 Å². The van der Waals surface area contributed by atoms with E-state index in [0.29, 0.717) is 16.6 Å². The third-order valence-corrected chi connectivity index (χ3v) is 6.94. The first-order valence-corrected chi connectivity index (χ1v) is 9.49. The predicted octanol–water partition coefficient (Wildman–Crippen LogP) is 3.39. The third-order valence-electron chi connectivity index (χ3n) is 3.83. The first-order chi connectivity index (χ1) is 10.5. The molecule has 0 saturated carbocycles. The molecule has 1 amide bonds. The summed E-state index contributed by atoms with van der Waals surface area (Å²) in [6.45, 7) is 3.75. The summed E-state index contributed by atoms with van der Waals surface area (Å²) in [7, 11) is 0. The van der Waals surface area contributed by atoms with E-state index >= 15 is 0 Å². The van der Waals surface area contributed by atoms with E-state index in [2.05, 4.69) is 5.32 Å². The zero-order valence-corrected chi connectivity index (χ0v) is 14.4. The normalized spacial score (nSPS) is 17.9. The van der Waals surface area contributed by atoms with E-state index in [1.807, 2.05) is 49.5 Å². The maximum Gasteiger partial charge on any atom is 0.326 e. The fraction of sp³-hybridized carbons (Fsp3) is 0.500. The van der Waals surface area contributed by atoms with Crippen LogP contribution in [0.2, 0.25) is 0 Å². The van der Waals surface area contributed by atoms with Crippen molar-refractivity contribution in [3.8, 4) is 0 Å². The number of hydrogen-bond donors (Lipinski definition) is 2. The highest BCUT2D eigenvalue weighted by atomic mass is 32.2. The van der Waals surface area contributed by atoms with Crippen LogP contribution in [0.3, 0.4) is 0 Å². The molecule has 1 aromatic rings. The van der Waals surface area contributed by atoms with Crippen molar-refractivity contribution < 1.29 is 14.7 Å². The summed E-state index contributed by atoms with van der Waals surface area (Å²) in [6, 6.07) is 6.63. The monoisotopic (exact) mass is 339 g/mol. The van der Waals surface area contributed by atoms with Gasteiger partial charge in [0.25, 0.3) is 5.91 Å². The molecule has 1 aromatic carbocycles. The highest BCUT2D eigenvalue weighted by Crippen LogP contribution is 2.45. The Balaban J connectivity index is 2.03. The maximum atomic E-state index is 12.2. The number of aliphatic carboxylic acids is 1. The van der Waals surface area contributed by atoms with Gasteiger partial charge >= 0.3 is 5.97 Å². The first-order valence-electron chi connectivity index (χ1n) is 7.39. The second-order valence-corrected chi connectivity index (χ2v) is 8.09. The van der Waals surface area contributed by atoms with Crippen LogP contribution in [-0.4, -0.2) is 34.5 Å². The van der Waals surface area contributed by atoms with Crippen molar-refractivity contribution in [2.45, 2.75) is 30.9 Å². The molecule has 1 heterocycles. The van der Waals surface area contributed by atoms with Crippen molar-refractivity contribution >= 4 is 35.4 Å². The highest BCUT2D eigenvalue weighted by Gasteiger charge is 2.26. The Kier molecular flexibility index (Phi) is 6.20. The third kappa shape index (κ3) is 4.20. The molecule has 0 aromatic heterocycles. The molecule has 4 nitrogen and oxygen atoms in total. The Morgan fingerprint density at radius 3 is 2.36 bits per heavy atom. The SMILES string of the molecule is CC[C@H](C)[C@H](NC(=O)c1ccc(C2SCCS2)cc1)C(=O)O. The minimum absolute atomic E-state index is 0.105. The number of carbonyl (C=O) groups is 2. The molecule has 6 heteroatoms. The summed E-state index contributed by atoms with van der Waals surface area (Å²) in [4.78, 5) is 23.5. The minimum atomic E-state index is -0.988. The molecular weight excluding hydrogens is 318 g/mol. The van der Waals surface area contributed by atoms with Crippen LogP contribution in [0.5, 0.6) is 0 Å². The minimum Gasteiger partial charge on any atom is -0.480 e. The number of hydrogen-bond acceptors (Lipinski definition) is 4. The van der Waals surface area contributed by atoms with Gasteiger partial charge in [-0.15, -0.1) is 23.5 Å². The van der Waals surface area contributed by atoms with Crippen molar-refractivity contribution in [3.05, 3.63) is 35.4 Å². The van der Waals surface area contributed by atoms with Crippen LogP contribution in [0.1, 0.15) is 40.8 Å². The van der Waals surface area contributed by atoms with Gasteiger partial charge in [0.15, 0.2) is 0 Å². The fourth-order valence-electron chi connectivity index (χ4n) is 2.25. The van der Waals surface area contributed by atoms with Gasteiger partial charge < -0.3 is 10.4 Å². The predicted molar refractivity (Wildman–Crippen MR) is 92.4 cm³/mol. The number of carboxylic acid groups (broad SMARTS) is 1. The second kappa shape index (κ2) is 7.92. The van der Waals surface area contributed by atoms with E-state index in [0.717, 1.165) is 11.5 Å². The van der Waals surface area contributed by atoms with Gasteiger partial charge in [-0.05, 0) is 23.6 Å². The number of thioether (sulfide) groups is 2.